The number of amides is 2. The van der Waals surface area contributed by atoms with Crippen LogP contribution in [-0.2, 0) is 26.2 Å². The SMILES string of the molecule is CC[C@H](C)NC(=O)[C@@H](C)N(Cc1ccccc1F)C(=O)CCCN(c1cccc(Cl)c1)S(C)(=O)=O. The summed E-state index contributed by atoms with van der Waals surface area (Å²) < 4.78 is 40.2. The number of nitrogens with zero attached hydrogens (tertiary/aromatic N) is 2. The van der Waals surface area contributed by atoms with Crippen LogP contribution in [0, 0.1) is 5.82 Å². The van der Waals surface area contributed by atoms with E-state index in [0.717, 1.165) is 12.7 Å². The van der Waals surface area contributed by atoms with Gasteiger partial charge in [0.05, 0.1) is 11.9 Å². The van der Waals surface area contributed by atoms with Crippen molar-refractivity contribution in [3.05, 3.63) is 64.9 Å². The molecule has 2 atom stereocenters. The average Bonchev–Trinajstić information content (AvgIpc) is 2.79. The number of hydrogen-bond donors (Lipinski definition) is 1. The summed E-state index contributed by atoms with van der Waals surface area (Å²) in [7, 11) is -3.62. The van der Waals surface area contributed by atoms with Gasteiger partial charge in [0, 0.05) is 36.1 Å². The van der Waals surface area contributed by atoms with Crippen molar-refractivity contribution < 1.29 is 22.4 Å². The number of benzene rings is 2. The van der Waals surface area contributed by atoms with E-state index in [1.54, 1.807) is 43.3 Å². The molecule has 0 fully saturated rings. The van der Waals surface area contributed by atoms with Gasteiger partial charge in [0.15, 0.2) is 0 Å². The van der Waals surface area contributed by atoms with Crippen molar-refractivity contribution in [2.24, 2.45) is 0 Å². The Bertz CT molecular complexity index is 1130. The third-order valence-corrected chi connectivity index (χ3v) is 7.14. The molecule has 0 aliphatic carbocycles. The molecule has 0 aliphatic rings. The van der Waals surface area contributed by atoms with Crippen LogP contribution in [0.5, 0.6) is 0 Å². The van der Waals surface area contributed by atoms with Crippen LogP contribution >= 0.6 is 11.6 Å². The molecule has 35 heavy (non-hydrogen) atoms. The highest BCUT2D eigenvalue weighted by Crippen LogP contribution is 2.23. The van der Waals surface area contributed by atoms with Crippen LogP contribution in [0.4, 0.5) is 10.1 Å². The van der Waals surface area contributed by atoms with Crippen LogP contribution in [-0.4, -0.2) is 50.0 Å². The largest absolute Gasteiger partial charge is 0.352 e. The predicted octanol–water partition coefficient (Wildman–Crippen LogP) is 4.36. The van der Waals surface area contributed by atoms with E-state index in [2.05, 4.69) is 5.32 Å². The number of carbonyl (C=O) groups is 2. The quantitative estimate of drug-likeness (QED) is 0.446. The molecule has 0 bridgehead atoms. The maximum Gasteiger partial charge on any atom is 0.242 e. The van der Waals surface area contributed by atoms with Crippen molar-refractivity contribution in [3.8, 4) is 0 Å². The maximum atomic E-state index is 14.3. The van der Waals surface area contributed by atoms with Crippen LogP contribution < -0.4 is 9.62 Å². The van der Waals surface area contributed by atoms with Crippen molar-refractivity contribution in [1.29, 1.82) is 0 Å². The molecule has 0 saturated heterocycles. The maximum absolute atomic E-state index is 14.3. The highest BCUT2D eigenvalue weighted by atomic mass is 35.5. The molecule has 0 radical (unpaired) electrons. The summed E-state index contributed by atoms with van der Waals surface area (Å²) in [6.07, 6.45) is 1.99. The summed E-state index contributed by atoms with van der Waals surface area (Å²) in [5.74, 6) is -1.18. The summed E-state index contributed by atoms with van der Waals surface area (Å²) in [5, 5.41) is 3.25. The Kier molecular flexibility index (Phi) is 10.5. The van der Waals surface area contributed by atoms with E-state index in [1.165, 1.54) is 21.3 Å². The van der Waals surface area contributed by atoms with E-state index in [1.807, 2.05) is 13.8 Å². The Balaban J connectivity index is 2.19. The molecule has 0 aromatic heterocycles. The molecule has 0 unspecified atom stereocenters. The van der Waals surface area contributed by atoms with Crippen molar-refractivity contribution in [3.63, 3.8) is 0 Å². The van der Waals surface area contributed by atoms with E-state index in [4.69, 9.17) is 11.6 Å². The molecule has 2 aromatic carbocycles. The fourth-order valence-corrected chi connectivity index (χ4v) is 4.64. The molecule has 10 heteroatoms. The Labute approximate surface area is 212 Å². The Morgan fingerprint density at radius 3 is 2.40 bits per heavy atom. The first kappa shape index (κ1) is 28.6. The van der Waals surface area contributed by atoms with Gasteiger partial charge in [0.2, 0.25) is 21.8 Å². The normalized spacial score (nSPS) is 13.1. The van der Waals surface area contributed by atoms with Crippen molar-refractivity contribution >= 4 is 39.1 Å². The molecule has 0 spiro atoms. The minimum absolute atomic E-state index is 0.0258. The van der Waals surface area contributed by atoms with Crippen LogP contribution in [0.3, 0.4) is 0 Å². The van der Waals surface area contributed by atoms with Gasteiger partial charge in [0.25, 0.3) is 0 Å². The van der Waals surface area contributed by atoms with Gasteiger partial charge >= 0.3 is 0 Å². The fourth-order valence-electron chi connectivity index (χ4n) is 3.49. The number of halogens is 2. The molecule has 1 N–H and O–H groups in total. The lowest BCUT2D eigenvalue weighted by molar-refractivity contribution is -0.141. The average molecular weight is 526 g/mol. The van der Waals surface area contributed by atoms with Gasteiger partial charge in [0.1, 0.15) is 11.9 Å². The number of rotatable bonds is 12. The molecule has 0 saturated carbocycles. The zero-order chi connectivity index (χ0) is 26.2. The number of anilines is 1. The van der Waals surface area contributed by atoms with Crippen LogP contribution in [0.15, 0.2) is 48.5 Å². The topological polar surface area (TPSA) is 86.8 Å². The van der Waals surface area contributed by atoms with E-state index in [9.17, 15) is 22.4 Å². The molecule has 192 valence electrons. The number of nitrogens with one attached hydrogen (secondary N) is 1. The number of sulfonamides is 1. The van der Waals surface area contributed by atoms with Crippen molar-refractivity contribution in [2.45, 2.75) is 58.7 Å². The van der Waals surface area contributed by atoms with Gasteiger partial charge in [-0.1, -0.05) is 42.8 Å². The molecular formula is C25H33ClFN3O4S. The first-order valence-corrected chi connectivity index (χ1v) is 13.7. The molecule has 2 rings (SSSR count). The Hall–Kier alpha value is -2.65. The first-order valence-electron chi connectivity index (χ1n) is 11.5. The van der Waals surface area contributed by atoms with E-state index >= 15 is 0 Å². The third-order valence-electron chi connectivity index (χ3n) is 5.72. The fraction of sp³-hybridized carbons (Fsp3) is 0.440. The summed E-state index contributed by atoms with van der Waals surface area (Å²) in [6, 6.07) is 11.6. The lowest BCUT2D eigenvalue weighted by atomic mass is 10.1. The van der Waals surface area contributed by atoms with E-state index in [-0.39, 0.29) is 43.8 Å². The molecule has 0 heterocycles. The summed E-state index contributed by atoms with van der Waals surface area (Å²) in [5.41, 5.74) is 0.692. The monoisotopic (exact) mass is 525 g/mol. The third kappa shape index (κ3) is 8.50. The molecule has 2 aromatic rings. The highest BCUT2D eigenvalue weighted by molar-refractivity contribution is 7.92. The second kappa shape index (κ2) is 12.9. The number of hydrogen-bond acceptors (Lipinski definition) is 4. The smallest absolute Gasteiger partial charge is 0.242 e. The lowest BCUT2D eigenvalue weighted by Gasteiger charge is -2.30. The van der Waals surface area contributed by atoms with Gasteiger partial charge < -0.3 is 10.2 Å². The predicted molar refractivity (Wildman–Crippen MR) is 137 cm³/mol. The number of carbonyl (C=O) groups excluding carboxylic acids is 2. The van der Waals surface area contributed by atoms with Gasteiger partial charge in [-0.25, -0.2) is 12.8 Å². The second-order valence-electron chi connectivity index (χ2n) is 8.53. The van der Waals surface area contributed by atoms with Gasteiger partial charge in [-0.05, 0) is 51.0 Å². The molecule has 7 nitrogen and oxygen atoms in total. The van der Waals surface area contributed by atoms with Crippen LogP contribution in [0.1, 0.15) is 45.6 Å². The molecule has 2 amide bonds. The van der Waals surface area contributed by atoms with Crippen molar-refractivity contribution in [1.82, 2.24) is 10.2 Å². The molecule has 0 aliphatic heterocycles. The van der Waals surface area contributed by atoms with Gasteiger partial charge in [-0.15, -0.1) is 0 Å². The van der Waals surface area contributed by atoms with Crippen LogP contribution in [0.2, 0.25) is 5.02 Å². The Morgan fingerprint density at radius 2 is 1.80 bits per heavy atom. The van der Waals surface area contributed by atoms with Crippen molar-refractivity contribution in [2.75, 3.05) is 17.1 Å². The zero-order valence-electron chi connectivity index (χ0n) is 20.5. The van der Waals surface area contributed by atoms with E-state index in [0.29, 0.717) is 16.3 Å². The highest BCUT2D eigenvalue weighted by Gasteiger charge is 2.28. The summed E-state index contributed by atoms with van der Waals surface area (Å²) in [4.78, 5) is 27.3. The summed E-state index contributed by atoms with van der Waals surface area (Å²) in [6.45, 7) is 5.37. The standard InChI is InChI=1S/C25H33ClFN3O4S/c1-5-18(2)28-25(32)19(3)29(17-20-10-6-7-13-23(20)27)24(31)14-9-15-30(35(4,33)34)22-12-8-11-21(26)16-22/h6-8,10-13,16,18-19H,5,9,14-15,17H2,1-4H3,(H,28,32)/t18-,19+/m0/s1. The minimum Gasteiger partial charge on any atom is -0.352 e. The van der Waals surface area contributed by atoms with E-state index < -0.39 is 21.9 Å². The first-order chi connectivity index (χ1) is 16.4. The van der Waals surface area contributed by atoms with Crippen LogP contribution in [0.25, 0.3) is 0 Å². The van der Waals surface area contributed by atoms with Gasteiger partial charge in [-0.3, -0.25) is 13.9 Å². The second-order valence-corrected chi connectivity index (χ2v) is 10.9. The van der Waals surface area contributed by atoms with Gasteiger partial charge in [-0.2, -0.15) is 0 Å². The summed E-state index contributed by atoms with van der Waals surface area (Å²) >= 11 is 6.01. The lowest BCUT2D eigenvalue weighted by Crippen LogP contribution is -2.49. The minimum atomic E-state index is -3.62. The molecular weight excluding hydrogens is 493 g/mol. The zero-order valence-corrected chi connectivity index (χ0v) is 22.1. The Morgan fingerprint density at radius 1 is 1.11 bits per heavy atom.